The molecule has 1 heterocycles. The van der Waals surface area contributed by atoms with Gasteiger partial charge in [0.25, 0.3) is 5.56 Å². The van der Waals surface area contributed by atoms with Crippen molar-refractivity contribution >= 4 is 32.7 Å². The fourth-order valence-corrected chi connectivity index (χ4v) is 3.37. The van der Waals surface area contributed by atoms with Crippen LogP contribution >= 0.6 is 15.9 Å². The van der Waals surface area contributed by atoms with Gasteiger partial charge in [-0.1, -0.05) is 28.1 Å². The molecule has 0 atom stereocenters. The molecule has 146 valence electrons. The Balaban J connectivity index is 1.63. The number of nitrogens with one attached hydrogen (secondary N) is 1. The molecular formula is C20H20BrN3O4. The summed E-state index contributed by atoms with van der Waals surface area (Å²) in [5, 5.41) is 3.32. The standard InChI is InChI=1S/C20H20BrN3O4/c1-27-17-9-13(15(21)10-18(17)28-2)7-8-22-19(25)11-24-12-23-16-6-4-3-5-14(16)20(24)26/h3-6,9-10,12H,7-8,11H2,1-2H3,(H,22,25). The highest BCUT2D eigenvalue weighted by Gasteiger charge is 2.11. The van der Waals surface area contributed by atoms with Crippen LogP contribution in [0.2, 0.25) is 0 Å². The first-order chi connectivity index (χ1) is 13.5. The largest absolute Gasteiger partial charge is 0.493 e. The molecule has 0 saturated heterocycles. The van der Waals surface area contributed by atoms with Crippen LogP contribution in [0.3, 0.4) is 0 Å². The molecule has 0 saturated carbocycles. The first kappa shape index (κ1) is 19.9. The number of nitrogens with zero attached hydrogens (tertiary/aromatic N) is 2. The lowest BCUT2D eigenvalue weighted by atomic mass is 10.1. The molecule has 1 aromatic heterocycles. The average Bonchev–Trinajstić information content (AvgIpc) is 2.71. The van der Waals surface area contributed by atoms with Crippen molar-refractivity contribution < 1.29 is 14.3 Å². The minimum Gasteiger partial charge on any atom is -0.493 e. The molecule has 3 aromatic rings. The van der Waals surface area contributed by atoms with Gasteiger partial charge in [0.15, 0.2) is 11.5 Å². The molecule has 0 aliphatic heterocycles. The van der Waals surface area contributed by atoms with Crippen molar-refractivity contribution in [2.24, 2.45) is 0 Å². The summed E-state index contributed by atoms with van der Waals surface area (Å²) in [5.41, 5.74) is 1.35. The van der Waals surface area contributed by atoms with E-state index in [4.69, 9.17) is 9.47 Å². The lowest BCUT2D eigenvalue weighted by Crippen LogP contribution is -2.33. The zero-order chi connectivity index (χ0) is 20.1. The van der Waals surface area contributed by atoms with Crippen LogP contribution in [0.4, 0.5) is 0 Å². The molecule has 0 radical (unpaired) electrons. The van der Waals surface area contributed by atoms with Crippen molar-refractivity contribution in [1.82, 2.24) is 14.9 Å². The van der Waals surface area contributed by atoms with Crippen molar-refractivity contribution in [1.29, 1.82) is 0 Å². The summed E-state index contributed by atoms with van der Waals surface area (Å²) in [5.74, 6) is 1.00. The number of para-hydroxylation sites is 1. The second kappa shape index (κ2) is 8.88. The molecule has 8 heteroatoms. The van der Waals surface area contributed by atoms with Gasteiger partial charge in [-0.25, -0.2) is 4.98 Å². The summed E-state index contributed by atoms with van der Waals surface area (Å²) in [7, 11) is 3.15. The van der Waals surface area contributed by atoms with Crippen molar-refractivity contribution in [2.75, 3.05) is 20.8 Å². The summed E-state index contributed by atoms with van der Waals surface area (Å²) < 4.78 is 12.7. The number of aromatic nitrogens is 2. The highest BCUT2D eigenvalue weighted by atomic mass is 79.9. The molecule has 0 spiro atoms. The van der Waals surface area contributed by atoms with Crippen LogP contribution in [0.5, 0.6) is 11.5 Å². The highest BCUT2D eigenvalue weighted by Crippen LogP contribution is 2.33. The van der Waals surface area contributed by atoms with Crippen LogP contribution in [0.1, 0.15) is 5.56 Å². The molecule has 0 fully saturated rings. The summed E-state index contributed by atoms with van der Waals surface area (Å²) in [6.07, 6.45) is 1.99. The Morgan fingerprint density at radius 3 is 2.64 bits per heavy atom. The van der Waals surface area contributed by atoms with Gasteiger partial charge in [0, 0.05) is 11.0 Å². The molecule has 1 N–H and O–H groups in total. The SMILES string of the molecule is COc1cc(Br)c(CCNC(=O)Cn2cnc3ccccc3c2=O)cc1OC. The predicted octanol–water partition coefficient (Wildman–Crippen LogP) is 2.54. The van der Waals surface area contributed by atoms with E-state index in [9.17, 15) is 9.59 Å². The van der Waals surface area contributed by atoms with Gasteiger partial charge in [0.2, 0.25) is 5.91 Å². The number of rotatable bonds is 7. The van der Waals surface area contributed by atoms with Gasteiger partial charge in [-0.2, -0.15) is 0 Å². The normalized spacial score (nSPS) is 10.7. The molecular weight excluding hydrogens is 426 g/mol. The Morgan fingerprint density at radius 2 is 1.89 bits per heavy atom. The van der Waals surface area contributed by atoms with Crippen molar-refractivity contribution in [2.45, 2.75) is 13.0 Å². The van der Waals surface area contributed by atoms with Crippen molar-refractivity contribution in [3.63, 3.8) is 0 Å². The van der Waals surface area contributed by atoms with Crippen LogP contribution in [0.25, 0.3) is 10.9 Å². The van der Waals surface area contributed by atoms with Gasteiger partial charge in [-0.3, -0.25) is 14.2 Å². The molecule has 0 bridgehead atoms. The zero-order valence-corrected chi connectivity index (χ0v) is 17.2. The van der Waals surface area contributed by atoms with Gasteiger partial charge in [0.1, 0.15) is 6.54 Å². The van der Waals surface area contributed by atoms with E-state index in [2.05, 4.69) is 26.2 Å². The van der Waals surface area contributed by atoms with E-state index in [-0.39, 0.29) is 18.0 Å². The monoisotopic (exact) mass is 445 g/mol. The number of benzene rings is 2. The molecule has 1 amide bonds. The van der Waals surface area contributed by atoms with Gasteiger partial charge in [-0.15, -0.1) is 0 Å². The van der Waals surface area contributed by atoms with E-state index in [0.29, 0.717) is 35.4 Å². The third-order valence-electron chi connectivity index (χ3n) is 4.31. The topological polar surface area (TPSA) is 82.5 Å². The lowest BCUT2D eigenvalue weighted by molar-refractivity contribution is -0.121. The van der Waals surface area contributed by atoms with E-state index in [1.54, 1.807) is 32.4 Å². The number of carbonyl (C=O) groups excluding carboxylic acids is 1. The van der Waals surface area contributed by atoms with Crippen molar-refractivity contribution in [3.05, 3.63) is 63.1 Å². The van der Waals surface area contributed by atoms with E-state index >= 15 is 0 Å². The molecule has 0 aliphatic rings. The number of fused-ring (bicyclic) bond motifs is 1. The molecule has 2 aromatic carbocycles. The average molecular weight is 446 g/mol. The van der Waals surface area contributed by atoms with Gasteiger partial charge < -0.3 is 14.8 Å². The zero-order valence-electron chi connectivity index (χ0n) is 15.6. The maximum atomic E-state index is 12.4. The smallest absolute Gasteiger partial charge is 0.261 e. The highest BCUT2D eigenvalue weighted by molar-refractivity contribution is 9.10. The second-order valence-electron chi connectivity index (χ2n) is 6.09. The maximum Gasteiger partial charge on any atom is 0.261 e. The first-order valence-electron chi connectivity index (χ1n) is 8.64. The van der Waals surface area contributed by atoms with E-state index in [1.165, 1.54) is 10.9 Å². The van der Waals surface area contributed by atoms with E-state index < -0.39 is 0 Å². The fourth-order valence-electron chi connectivity index (χ4n) is 2.85. The molecule has 3 rings (SSSR count). The summed E-state index contributed by atoms with van der Waals surface area (Å²) in [6.45, 7) is 0.340. The molecule has 28 heavy (non-hydrogen) atoms. The van der Waals surface area contributed by atoms with Gasteiger partial charge in [0.05, 0.1) is 31.4 Å². The number of hydrogen-bond donors (Lipinski definition) is 1. The Morgan fingerprint density at radius 1 is 1.18 bits per heavy atom. The number of carbonyl (C=O) groups is 1. The number of hydrogen-bond acceptors (Lipinski definition) is 5. The van der Waals surface area contributed by atoms with E-state index in [0.717, 1.165) is 10.0 Å². The minimum absolute atomic E-state index is 0.0796. The van der Waals surface area contributed by atoms with Crippen LogP contribution in [0.15, 0.2) is 52.0 Å². The Bertz CT molecular complexity index is 1060. The summed E-state index contributed by atoms with van der Waals surface area (Å²) in [6, 6.07) is 10.8. The van der Waals surface area contributed by atoms with Crippen LogP contribution in [-0.4, -0.2) is 36.2 Å². The number of halogens is 1. The number of ether oxygens (including phenoxy) is 2. The maximum absolute atomic E-state index is 12.4. The Hall–Kier alpha value is -2.87. The summed E-state index contributed by atoms with van der Waals surface area (Å²) in [4.78, 5) is 28.9. The second-order valence-corrected chi connectivity index (χ2v) is 6.95. The molecule has 7 nitrogen and oxygen atoms in total. The number of methoxy groups -OCH3 is 2. The van der Waals surface area contributed by atoms with Gasteiger partial charge >= 0.3 is 0 Å². The quantitative estimate of drug-likeness (QED) is 0.603. The molecule has 0 aliphatic carbocycles. The Kier molecular flexibility index (Phi) is 6.30. The Labute approximate surface area is 170 Å². The molecule has 0 unspecified atom stereocenters. The van der Waals surface area contributed by atoms with E-state index in [1.807, 2.05) is 18.2 Å². The lowest BCUT2D eigenvalue weighted by Gasteiger charge is -2.12. The van der Waals surface area contributed by atoms with Crippen LogP contribution in [0, 0.1) is 0 Å². The third kappa shape index (κ3) is 4.33. The summed E-state index contributed by atoms with van der Waals surface area (Å²) >= 11 is 3.50. The van der Waals surface area contributed by atoms with Crippen molar-refractivity contribution in [3.8, 4) is 11.5 Å². The minimum atomic E-state index is -0.254. The van der Waals surface area contributed by atoms with Crippen LogP contribution in [-0.2, 0) is 17.8 Å². The fraction of sp³-hybridized carbons (Fsp3) is 0.250. The first-order valence-corrected chi connectivity index (χ1v) is 9.44. The van der Waals surface area contributed by atoms with Gasteiger partial charge in [-0.05, 0) is 36.2 Å². The third-order valence-corrected chi connectivity index (χ3v) is 5.05. The predicted molar refractivity (Wildman–Crippen MR) is 110 cm³/mol. The van der Waals surface area contributed by atoms with Crippen LogP contribution < -0.4 is 20.3 Å². The number of amides is 1.